The van der Waals surface area contributed by atoms with Gasteiger partial charge in [0.2, 0.25) is 0 Å². The van der Waals surface area contributed by atoms with E-state index < -0.39 is 10.0 Å². The Morgan fingerprint density at radius 1 is 1.04 bits per heavy atom. The van der Waals surface area contributed by atoms with Gasteiger partial charge in [0.25, 0.3) is 10.0 Å². The SMILES string of the molecule is Cc1ccc(C[NH2+]C[C@@H](NS(=O)(=O)c2ccc(Cl)s2)c2ccccc2)cc1. The number of hydrogen-bond donors (Lipinski definition) is 2. The van der Waals surface area contributed by atoms with Crippen molar-refractivity contribution < 1.29 is 13.7 Å². The summed E-state index contributed by atoms with van der Waals surface area (Å²) < 4.78 is 29.0. The van der Waals surface area contributed by atoms with Crippen molar-refractivity contribution in [3.63, 3.8) is 0 Å². The molecule has 3 rings (SSSR count). The zero-order valence-electron chi connectivity index (χ0n) is 14.9. The van der Waals surface area contributed by atoms with Crippen molar-refractivity contribution in [2.24, 2.45) is 0 Å². The highest BCUT2D eigenvalue weighted by atomic mass is 35.5. The molecule has 4 nitrogen and oxygen atoms in total. The molecule has 3 aromatic rings. The van der Waals surface area contributed by atoms with E-state index in [-0.39, 0.29) is 10.3 Å². The van der Waals surface area contributed by atoms with E-state index in [4.69, 9.17) is 11.6 Å². The van der Waals surface area contributed by atoms with Crippen molar-refractivity contribution in [2.75, 3.05) is 6.54 Å². The molecule has 0 bridgehead atoms. The van der Waals surface area contributed by atoms with Gasteiger partial charge in [-0.2, -0.15) is 4.72 Å². The van der Waals surface area contributed by atoms with E-state index in [0.29, 0.717) is 10.9 Å². The van der Waals surface area contributed by atoms with Crippen molar-refractivity contribution in [2.45, 2.75) is 23.7 Å². The van der Waals surface area contributed by atoms with Crippen LogP contribution in [0.2, 0.25) is 4.34 Å². The number of aryl methyl sites for hydroxylation is 1. The quantitative estimate of drug-likeness (QED) is 0.584. The summed E-state index contributed by atoms with van der Waals surface area (Å²) in [4.78, 5) is 0. The summed E-state index contributed by atoms with van der Waals surface area (Å²) in [5.74, 6) is 0. The number of sulfonamides is 1. The van der Waals surface area contributed by atoms with E-state index in [9.17, 15) is 8.42 Å². The fourth-order valence-electron chi connectivity index (χ4n) is 2.77. The first-order valence-corrected chi connectivity index (χ1v) is 11.3. The molecule has 0 saturated heterocycles. The molecule has 142 valence electrons. The molecule has 0 aliphatic carbocycles. The van der Waals surface area contributed by atoms with E-state index in [1.165, 1.54) is 17.2 Å². The predicted octanol–water partition coefficient (Wildman–Crippen LogP) is 3.49. The maximum absolute atomic E-state index is 12.7. The van der Waals surface area contributed by atoms with Crippen molar-refractivity contribution in [1.29, 1.82) is 0 Å². The zero-order valence-corrected chi connectivity index (χ0v) is 17.3. The minimum Gasteiger partial charge on any atom is -0.341 e. The van der Waals surface area contributed by atoms with Gasteiger partial charge in [0.05, 0.1) is 16.9 Å². The lowest BCUT2D eigenvalue weighted by Gasteiger charge is -2.17. The van der Waals surface area contributed by atoms with Crippen LogP contribution in [0.5, 0.6) is 0 Å². The van der Waals surface area contributed by atoms with Gasteiger partial charge in [-0.15, -0.1) is 11.3 Å². The van der Waals surface area contributed by atoms with Crippen LogP contribution in [-0.4, -0.2) is 15.0 Å². The van der Waals surface area contributed by atoms with Gasteiger partial charge in [-0.25, -0.2) is 8.42 Å². The highest BCUT2D eigenvalue weighted by Crippen LogP contribution is 2.26. The largest absolute Gasteiger partial charge is 0.341 e. The summed E-state index contributed by atoms with van der Waals surface area (Å²) in [5.41, 5.74) is 3.37. The maximum atomic E-state index is 12.7. The number of quaternary nitrogens is 1. The topological polar surface area (TPSA) is 62.8 Å². The van der Waals surface area contributed by atoms with Gasteiger partial charge in [0.15, 0.2) is 0 Å². The summed E-state index contributed by atoms with van der Waals surface area (Å²) >= 11 is 6.96. The van der Waals surface area contributed by atoms with Crippen LogP contribution in [-0.2, 0) is 16.6 Å². The minimum absolute atomic E-state index is 0.229. The average Bonchev–Trinajstić information content (AvgIpc) is 3.11. The molecule has 0 fully saturated rings. The molecule has 0 amide bonds. The molecule has 0 spiro atoms. The Balaban J connectivity index is 1.72. The Bertz CT molecular complexity index is 971. The summed E-state index contributed by atoms with van der Waals surface area (Å²) in [6.45, 7) is 3.44. The number of hydrogen-bond acceptors (Lipinski definition) is 3. The van der Waals surface area contributed by atoms with E-state index in [0.717, 1.165) is 23.4 Å². The number of halogens is 1. The van der Waals surface area contributed by atoms with E-state index in [2.05, 4.69) is 41.2 Å². The number of thiophene rings is 1. The zero-order chi connectivity index (χ0) is 19.3. The molecule has 1 heterocycles. The molecular formula is C20H22ClN2O2S2+. The molecule has 0 unspecified atom stereocenters. The highest BCUT2D eigenvalue weighted by Gasteiger charge is 2.24. The lowest BCUT2D eigenvalue weighted by atomic mass is 10.1. The number of nitrogens with one attached hydrogen (secondary N) is 1. The van der Waals surface area contributed by atoms with E-state index in [1.807, 2.05) is 30.3 Å². The molecule has 27 heavy (non-hydrogen) atoms. The molecule has 0 radical (unpaired) electrons. The summed E-state index contributed by atoms with van der Waals surface area (Å²) in [5, 5.41) is 2.12. The van der Waals surface area contributed by atoms with Gasteiger partial charge >= 0.3 is 0 Å². The van der Waals surface area contributed by atoms with Gasteiger partial charge in [-0.05, 0) is 24.6 Å². The molecule has 0 aliphatic heterocycles. The van der Waals surface area contributed by atoms with Crippen molar-refractivity contribution >= 4 is 33.0 Å². The number of nitrogens with two attached hydrogens (primary N) is 1. The number of benzene rings is 2. The van der Waals surface area contributed by atoms with Crippen LogP contribution in [0.15, 0.2) is 70.9 Å². The summed E-state index contributed by atoms with van der Waals surface area (Å²) in [7, 11) is -3.62. The van der Waals surface area contributed by atoms with Crippen LogP contribution in [0.3, 0.4) is 0 Å². The molecule has 1 aromatic heterocycles. The van der Waals surface area contributed by atoms with Crippen LogP contribution in [0.1, 0.15) is 22.7 Å². The van der Waals surface area contributed by atoms with Gasteiger partial charge < -0.3 is 5.32 Å². The van der Waals surface area contributed by atoms with Crippen LogP contribution in [0.25, 0.3) is 0 Å². The second-order valence-corrected chi connectivity index (χ2v) is 10.0. The summed E-state index contributed by atoms with van der Waals surface area (Å²) in [6.07, 6.45) is 0. The Kier molecular flexibility index (Phi) is 6.68. The Hall–Kier alpha value is -1.70. The Morgan fingerprint density at radius 2 is 1.74 bits per heavy atom. The first-order valence-electron chi connectivity index (χ1n) is 8.64. The minimum atomic E-state index is -3.62. The molecule has 2 aromatic carbocycles. The van der Waals surface area contributed by atoms with E-state index >= 15 is 0 Å². The smallest absolute Gasteiger partial charge is 0.250 e. The Labute approximate surface area is 169 Å². The molecule has 1 atom stereocenters. The third-order valence-electron chi connectivity index (χ3n) is 4.22. The average molecular weight is 422 g/mol. The van der Waals surface area contributed by atoms with Gasteiger partial charge in [-0.1, -0.05) is 71.8 Å². The molecular weight excluding hydrogens is 400 g/mol. The fraction of sp³-hybridized carbons (Fsp3) is 0.200. The van der Waals surface area contributed by atoms with Crippen molar-refractivity contribution in [1.82, 2.24) is 4.72 Å². The Morgan fingerprint density at radius 3 is 2.37 bits per heavy atom. The standard InChI is InChI=1S/C20H21ClN2O2S2/c1-15-7-9-16(10-8-15)13-22-14-18(17-5-3-2-4-6-17)23-27(24,25)20-12-11-19(21)26-20/h2-12,18,22-23H,13-14H2,1H3/p+1/t18-/m1/s1. The first kappa shape index (κ1) is 20.0. The van der Waals surface area contributed by atoms with Crippen LogP contribution in [0, 0.1) is 6.92 Å². The first-order chi connectivity index (χ1) is 12.9. The van der Waals surface area contributed by atoms with Crippen LogP contribution in [0.4, 0.5) is 0 Å². The van der Waals surface area contributed by atoms with E-state index in [1.54, 1.807) is 6.07 Å². The predicted molar refractivity (Wildman–Crippen MR) is 111 cm³/mol. The van der Waals surface area contributed by atoms with Crippen molar-refractivity contribution in [3.8, 4) is 0 Å². The van der Waals surface area contributed by atoms with Crippen LogP contribution >= 0.6 is 22.9 Å². The summed E-state index contributed by atoms with van der Waals surface area (Å²) in [6, 6.07) is 20.8. The maximum Gasteiger partial charge on any atom is 0.250 e. The molecule has 0 aliphatic rings. The van der Waals surface area contributed by atoms with Gasteiger partial charge in [0.1, 0.15) is 10.8 Å². The second-order valence-electron chi connectivity index (χ2n) is 6.36. The lowest BCUT2D eigenvalue weighted by molar-refractivity contribution is -0.673. The van der Waals surface area contributed by atoms with Crippen LogP contribution < -0.4 is 10.0 Å². The normalized spacial score (nSPS) is 12.8. The monoisotopic (exact) mass is 421 g/mol. The van der Waals surface area contributed by atoms with Gasteiger partial charge in [-0.3, -0.25) is 0 Å². The third-order valence-corrected chi connectivity index (χ3v) is 7.41. The van der Waals surface area contributed by atoms with Gasteiger partial charge in [0, 0.05) is 5.56 Å². The third kappa shape index (κ3) is 5.64. The number of rotatable bonds is 8. The molecule has 7 heteroatoms. The molecule has 0 saturated carbocycles. The van der Waals surface area contributed by atoms with Crippen molar-refractivity contribution in [3.05, 3.63) is 87.8 Å². The fourth-order valence-corrected chi connectivity index (χ4v) is 5.50. The lowest BCUT2D eigenvalue weighted by Crippen LogP contribution is -2.84. The second kappa shape index (κ2) is 8.99. The highest BCUT2D eigenvalue weighted by molar-refractivity contribution is 7.91. The molecule has 3 N–H and O–H groups in total.